The minimum atomic E-state index is 0.476. The van der Waals surface area contributed by atoms with Crippen molar-refractivity contribution < 1.29 is 4.74 Å². The second kappa shape index (κ2) is 5.83. The summed E-state index contributed by atoms with van der Waals surface area (Å²) in [4.78, 5) is 0. The molecule has 0 aliphatic carbocycles. The molecule has 4 heteroatoms. The molecule has 0 aliphatic rings. The Morgan fingerprint density at radius 2 is 1.78 bits per heavy atom. The summed E-state index contributed by atoms with van der Waals surface area (Å²) in [6.45, 7) is 1.98. The molecule has 0 unspecified atom stereocenters. The maximum atomic E-state index is 5.94. The van der Waals surface area contributed by atoms with Gasteiger partial charge < -0.3 is 4.74 Å². The molecule has 1 nitrogen and oxygen atoms in total. The summed E-state index contributed by atoms with van der Waals surface area (Å²) in [5.74, 6) is 1.93. The van der Waals surface area contributed by atoms with Crippen molar-refractivity contribution in [3.63, 3.8) is 0 Å². The molecule has 0 saturated heterocycles. The molecule has 0 N–H and O–H groups in total. The molecule has 0 amide bonds. The van der Waals surface area contributed by atoms with Crippen LogP contribution in [0, 0.1) is 6.92 Å². The molecule has 94 valence electrons. The van der Waals surface area contributed by atoms with E-state index in [0.29, 0.717) is 21.7 Å². The van der Waals surface area contributed by atoms with E-state index in [9.17, 15) is 0 Å². The number of aryl methyl sites for hydroxylation is 1. The van der Waals surface area contributed by atoms with Gasteiger partial charge in [0.05, 0.1) is 10.0 Å². The third kappa shape index (κ3) is 3.11. The first-order chi connectivity index (χ1) is 8.60. The molecule has 0 fully saturated rings. The smallest absolute Gasteiger partial charge is 0.130 e. The largest absolute Gasteiger partial charge is 0.457 e. The van der Waals surface area contributed by atoms with E-state index in [1.165, 1.54) is 0 Å². The molecule has 0 spiro atoms. The monoisotopic (exact) mass is 300 g/mol. The van der Waals surface area contributed by atoms with Crippen molar-refractivity contribution in [3.05, 3.63) is 57.6 Å². The summed E-state index contributed by atoms with van der Waals surface area (Å²) in [5.41, 5.74) is 2.09. The van der Waals surface area contributed by atoms with Crippen LogP contribution in [0.15, 0.2) is 36.4 Å². The Labute approximate surface area is 121 Å². The quantitative estimate of drug-likeness (QED) is 0.648. The van der Waals surface area contributed by atoms with Gasteiger partial charge in [-0.05, 0) is 36.2 Å². The van der Waals surface area contributed by atoms with Gasteiger partial charge in [-0.15, -0.1) is 11.6 Å². The van der Waals surface area contributed by atoms with Crippen molar-refractivity contribution in [2.75, 3.05) is 0 Å². The third-order valence-corrected chi connectivity index (χ3v) is 3.56. The highest BCUT2D eigenvalue weighted by molar-refractivity contribution is 6.42. The summed E-state index contributed by atoms with van der Waals surface area (Å²) >= 11 is 17.6. The van der Waals surface area contributed by atoms with Crippen molar-refractivity contribution in [3.8, 4) is 11.5 Å². The lowest BCUT2D eigenvalue weighted by Gasteiger charge is -2.10. The van der Waals surface area contributed by atoms with E-state index in [1.807, 2.05) is 25.1 Å². The topological polar surface area (TPSA) is 9.23 Å². The second-order valence-corrected chi connectivity index (χ2v) is 4.99. The van der Waals surface area contributed by atoms with Crippen LogP contribution in [0.25, 0.3) is 0 Å². The zero-order chi connectivity index (χ0) is 13.1. The summed E-state index contributed by atoms with van der Waals surface area (Å²) in [6, 6.07) is 11.0. The SMILES string of the molecule is Cc1cc(CCl)ccc1Oc1ccc(Cl)c(Cl)c1. The molecule has 0 radical (unpaired) electrons. The van der Waals surface area contributed by atoms with Crippen molar-refractivity contribution >= 4 is 34.8 Å². The number of benzene rings is 2. The molecule has 18 heavy (non-hydrogen) atoms. The van der Waals surface area contributed by atoms with Gasteiger partial charge in [-0.3, -0.25) is 0 Å². The minimum absolute atomic E-state index is 0.476. The van der Waals surface area contributed by atoms with Gasteiger partial charge in [0.25, 0.3) is 0 Å². The van der Waals surface area contributed by atoms with Gasteiger partial charge in [-0.25, -0.2) is 0 Å². The fraction of sp³-hybridized carbons (Fsp3) is 0.143. The number of hydrogen-bond acceptors (Lipinski definition) is 1. The fourth-order valence-electron chi connectivity index (χ4n) is 1.58. The van der Waals surface area contributed by atoms with E-state index in [4.69, 9.17) is 39.5 Å². The molecule has 2 aromatic carbocycles. The molecule has 0 aromatic heterocycles. The highest BCUT2D eigenvalue weighted by Gasteiger charge is 2.05. The number of halogens is 3. The van der Waals surface area contributed by atoms with E-state index in [-0.39, 0.29) is 0 Å². The van der Waals surface area contributed by atoms with Gasteiger partial charge in [-0.1, -0.05) is 35.3 Å². The van der Waals surface area contributed by atoms with Crippen molar-refractivity contribution in [1.29, 1.82) is 0 Å². The maximum absolute atomic E-state index is 5.94. The van der Waals surface area contributed by atoms with Crippen LogP contribution in [-0.4, -0.2) is 0 Å². The fourth-order valence-corrected chi connectivity index (χ4v) is 2.03. The summed E-state index contributed by atoms with van der Waals surface area (Å²) in [7, 11) is 0. The normalized spacial score (nSPS) is 10.4. The van der Waals surface area contributed by atoms with Gasteiger partial charge in [0.1, 0.15) is 11.5 Å². The molecule has 2 aromatic rings. The van der Waals surface area contributed by atoms with E-state index in [0.717, 1.165) is 16.9 Å². The van der Waals surface area contributed by atoms with Crippen LogP contribution < -0.4 is 4.74 Å². The number of ether oxygens (including phenoxy) is 1. The number of hydrogen-bond donors (Lipinski definition) is 0. The predicted molar refractivity (Wildman–Crippen MR) is 77.3 cm³/mol. The average Bonchev–Trinajstić information content (AvgIpc) is 2.36. The zero-order valence-electron chi connectivity index (χ0n) is 9.71. The first kappa shape index (κ1) is 13.5. The van der Waals surface area contributed by atoms with E-state index in [1.54, 1.807) is 18.2 Å². The maximum Gasteiger partial charge on any atom is 0.130 e. The van der Waals surface area contributed by atoms with Gasteiger partial charge in [-0.2, -0.15) is 0 Å². The lowest BCUT2D eigenvalue weighted by Crippen LogP contribution is -1.89. The average molecular weight is 302 g/mol. The van der Waals surface area contributed by atoms with Crippen LogP contribution >= 0.6 is 34.8 Å². The van der Waals surface area contributed by atoms with E-state index in [2.05, 4.69) is 0 Å². The summed E-state index contributed by atoms with van der Waals surface area (Å²) in [5, 5.41) is 0.988. The Bertz CT molecular complexity index is 567. The highest BCUT2D eigenvalue weighted by Crippen LogP contribution is 2.31. The van der Waals surface area contributed by atoms with Gasteiger partial charge in [0.15, 0.2) is 0 Å². The molecule has 0 aliphatic heterocycles. The van der Waals surface area contributed by atoms with Crippen LogP contribution in [-0.2, 0) is 5.88 Å². The molecule has 0 bridgehead atoms. The van der Waals surface area contributed by atoms with Crippen LogP contribution in [0.5, 0.6) is 11.5 Å². The lowest BCUT2D eigenvalue weighted by molar-refractivity contribution is 0.479. The van der Waals surface area contributed by atoms with Crippen molar-refractivity contribution in [2.45, 2.75) is 12.8 Å². The van der Waals surface area contributed by atoms with Crippen molar-refractivity contribution in [2.24, 2.45) is 0 Å². The second-order valence-electron chi connectivity index (χ2n) is 3.91. The summed E-state index contributed by atoms with van der Waals surface area (Å²) in [6.07, 6.45) is 0. The van der Waals surface area contributed by atoms with Gasteiger partial charge in [0.2, 0.25) is 0 Å². The van der Waals surface area contributed by atoms with Gasteiger partial charge >= 0.3 is 0 Å². The van der Waals surface area contributed by atoms with Crippen LogP contribution in [0.3, 0.4) is 0 Å². The Morgan fingerprint density at radius 1 is 1.00 bits per heavy atom. The predicted octanol–water partition coefficient (Wildman–Crippen LogP) is 5.83. The first-order valence-electron chi connectivity index (χ1n) is 5.38. The Kier molecular flexibility index (Phi) is 4.39. The van der Waals surface area contributed by atoms with Gasteiger partial charge in [0, 0.05) is 11.9 Å². The highest BCUT2D eigenvalue weighted by atomic mass is 35.5. The van der Waals surface area contributed by atoms with E-state index < -0.39 is 0 Å². The molecule has 2 rings (SSSR count). The Balaban J connectivity index is 2.25. The van der Waals surface area contributed by atoms with Crippen LogP contribution in [0.1, 0.15) is 11.1 Å². The summed E-state index contributed by atoms with van der Waals surface area (Å²) < 4.78 is 5.76. The molecule has 0 heterocycles. The Morgan fingerprint density at radius 3 is 2.39 bits per heavy atom. The van der Waals surface area contributed by atoms with Crippen LogP contribution in [0.2, 0.25) is 10.0 Å². The van der Waals surface area contributed by atoms with E-state index >= 15 is 0 Å². The Hall–Kier alpha value is -0.890. The molecule has 0 saturated carbocycles. The molecular formula is C14H11Cl3O. The zero-order valence-corrected chi connectivity index (χ0v) is 12.0. The standard InChI is InChI=1S/C14H11Cl3O/c1-9-6-10(8-15)2-5-14(9)18-11-3-4-12(16)13(17)7-11/h2-7H,8H2,1H3. The molecule has 0 atom stereocenters. The lowest BCUT2D eigenvalue weighted by atomic mass is 10.1. The van der Waals surface area contributed by atoms with Crippen LogP contribution in [0.4, 0.5) is 0 Å². The minimum Gasteiger partial charge on any atom is -0.457 e. The number of alkyl halides is 1. The number of rotatable bonds is 3. The third-order valence-electron chi connectivity index (χ3n) is 2.51. The molecular weight excluding hydrogens is 291 g/mol. The first-order valence-corrected chi connectivity index (χ1v) is 6.67. The van der Waals surface area contributed by atoms with Crippen molar-refractivity contribution in [1.82, 2.24) is 0 Å².